The number of esters is 1. The van der Waals surface area contributed by atoms with Gasteiger partial charge >= 0.3 is 12.2 Å². The summed E-state index contributed by atoms with van der Waals surface area (Å²) in [6.07, 6.45) is -0.873. The topological polar surface area (TPSA) is 49.1 Å². The van der Waals surface area contributed by atoms with Crippen LogP contribution >= 0.6 is 0 Å². The van der Waals surface area contributed by atoms with E-state index in [0.717, 1.165) is 0 Å². The summed E-state index contributed by atoms with van der Waals surface area (Å²) in [6, 6.07) is 3.29. The van der Waals surface area contributed by atoms with E-state index in [1.54, 1.807) is 12.1 Å². The number of nitrogens with zero attached hydrogens (tertiary/aromatic N) is 1. The first kappa shape index (κ1) is 10.3. The predicted octanol–water partition coefficient (Wildman–Crippen LogP) is 1.79. The molecule has 0 aromatic heterocycles. The first-order valence-corrected chi connectivity index (χ1v) is 4.55. The Kier molecular flexibility index (Phi) is 2.41. The number of fused-ring (bicyclic) bond motifs is 1. The standard InChI is InChI=1S/C11H9NO4/c1-12-10-6-4-5-7(14-2)9(15-3)8(6)11(13)16-10/h4-5,10H,2-3H3. The molecule has 0 radical (unpaired) electrons. The fraction of sp³-hybridized carbons (Fsp3) is 0.273. The molecule has 1 heterocycles. The molecule has 1 aromatic rings. The van der Waals surface area contributed by atoms with Crippen LogP contribution in [0.3, 0.4) is 0 Å². The SMILES string of the molecule is [C-]#[N+]C1OC(=O)c2c1ccc(OC)c2OC. The van der Waals surface area contributed by atoms with Crippen molar-refractivity contribution in [2.75, 3.05) is 14.2 Å². The highest BCUT2D eigenvalue weighted by atomic mass is 16.6. The van der Waals surface area contributed by atoms with Gasteiger partial charge in [-0.2, -0.15) is 0 Å². The monoisotopic (exact) mass is 219 g/mol. The van der Waals surface area contributed by atoms with Crippen LogP contribution in [0.5, 0.6) is 11.5 Å². The fourth-order valence-corrected chi connectivity index (χ4v) is 1.68. The van der Waals surface area contributed by atoms with Crippen molar-refractivity contribution in [3.8, 4) is 11.5 Å². The second kappa shape index (κ2) is 3.74. The van der Waals surface area contributed by atoms with E-state index in [1.807, 2.05) is 0 Å². The highest BCUT2D eigenvalue weighted by Gasteiger charge is 2.39. The highest BCUT2D eigenvalue weighted by Crippen LogP contribution is 2.42. The molecule has 0 fully saturated rings. The maximum atomic E-state index is 11.6. The Labute approximate surface area is 92.4 Å². The fourth-order valence-electron chi connectivity index (χ4n) is 1.68. The van der Waals surface area contributed by atoms with E-state index in [4.69, 9.17) is 20.8 Å². The van der Waals surface area contributed by atoms with Gasteiger partial charge in [-0.05, 0) is 12.1 Å². The van der Waals surface area contributed by atoms with Gasteiger partial charge in [0.2, 0.25) is 0 Å². The number of hydrogen-bond acceptors (Lipinski definition) is 4. The van der Waals surface area contributed by atoms with Gasteiger partial charge < -0.3 is 14.2 Å². The average molecular weight is 219 g/mol. The number of cyclic esters (lactones) is 1. The van der Waals surface area contributed by atoms with Crippen molar-refractivity contribution >= 4 is 5.97 Å². The number of methoxy groups -OCH3 is 2. The van der Waals surface area contributed by atoms with Crippen molar-refractivity contribution in [2.45, 2.75) is 6.23 Å². The lowest BCUT2D eigenvalue weighted by molar-refractivity contribution is 0.0461. The van der Waals surface area contributed by atoms with E-state index in [0.29, 0.717) is 17.1 Å². The third kappa shape index (κ3) is 1.27. The molecule has 0 saturated heterocycles. The molecule has 0 aliphatic carbocycles. The second-order valence-electron chi connectivity index (χ2n) is 3.15. The van der Waals surface area contributed by atoms with Crippen LogP contribution in [0.1, 0.15) is 22.1 Å². The van der Waals surface area contributed by atoms with Crippen molar-refractivity contribution in [1.29, 1.82) is 0 Å². The van der Waals surface area contributed by atoms with E-state index in [2.05, 4.69) is 4.85 Å². The van der Waals surface area contributed by atoms with E-state index in [-0.39, 0.29) is 5.56 Å². The van der Waals surface area contributed by atoms with Gasteiger partial charge in [0.15, 0.2) is 11.5 Å². The van der Waals surface area contributed by atoms with Crippen LogP contribution in [0.2, 0.25) is 0 Å². The quantitative estimate of drug-likeness (QED) is 0.562. The van der Waals surface area contributed by atoms with Crippen LogP contribution in [0.15, 0.2) is 12.1 Å². The average Bonchev–Trinajstić information content (AvgIpc) is 2.65. The zero-order chi connectivity index (χ0) is 11.7. The van der Waals surface area contributed by atoms with Crippen molar-refractivity contribution < 1.29 is 19.0 Å². The minimum atomic E-state index is -0.873. The predicted molar refractivity (Wildman–Crippen MR) is 54.3 cm³/mol. The number of benzene rings is 1. The van der Waals surface area contributed by atoms with Crippen LogP contribution in [-0.4, -0.2) is 20.2 Å². The normalized spacial score (nSPS) is 17.3. The van der Waals surface area contributed by atoms with Crippen LogP contribution in [0, 0.1) is 6.57 Å². The molecular formula is C11H9NO4. The van der Waals surface area contributed by atoms with Crippen LogP contribution in [-0.2, 0) is 4.74 Å². The minimum absolute atomic E-state index is 0.280. The van der Waals surface area contributed by atoms with E-state index < -0.39 is 12.2 Å². The number of ether oxygens (including phenoxy) is 3. The zero-order valence-corrected chi connectivity index (χ0v) is 8.81. The third-order valence-corrected chi connectivity index (χ3v) is 2.38. The molecule has 0 bridgehead atoms. The van der Waals surface area contributed by atoms with Crippen molar-refractivity contribution in [3.63, 3.8) is 0 Å². The van der Waals surface area contributed by atoms with Gasteiger partial charge in [-0.3, -0.25) is 4.85 Å². The molecule has 0 N–H and O–H groups in total. The molecule has 1 aromatic carbocycles. The molecule has 1 aliphatic heterocycles. The number of carbonyl (C=O) groups excluding carboxylic acids is 1. The Hall–Kier alpha value is -2.22. The van der Waals surface area contributed by atoms with E-state index in [1.165, 1.54) is 14.2 Å². The molecule has 2 rings (SSSR count). The van der Waals surface area contributed by atoms with Gasteiger partial charge in [0.25, 0.3) is 0 Å². The largest absolute Gasteiger partial charge is 0.493 e. The Morgan fingerprint density at radius 3 is 2.69 bits per heavy atom. The number of hydrogen-bond donors (Lipinski definition) is 0. The molecule has 5 nitrogen and oxygen atoms in total. The van der Waals surface area contributed by atoms with Gasteiger partial charge in [-0.25, -0.2) is 11.4 Å². The third-order valence-electron chi connectivity index (χ3n) is 2.38. The summed E-state index contributed by atoms with van der Waals surface area (Å²) in [6.45, 7) is 6.92. The summed E-state index contributed by atoms with van der Waals surface area (Å²) in [5, 5.41) is 0. The summed E-state index contributed by atoms with van der Waals surface area (Å²) >= 11 is 0. The van der Waals surface area contributed by atoms with E-state index >= 15 is 0 Å². The van der Waals surface area contributed by atoms with Gasteiger partial charge in [-0.1, -0.05) is 0 Å². The molecule has 1 atom stereocenters. The van der Waals surface area contributed by atoms with Crippen LogP contribution in [0.25, 0.3) is 4.85 Å². The van der Waals surface area contributed by atoms with Crippen molar-refractivity contribution in [2.24, 2.45) is 0 Å². The Balaban J connectivity index is 2.66. The smallest absolute Gasteiger partial charge is 0.396 e. The number of rotatable bonds is 2. The molecule has 16 heavy (non-hydrogen) atoms. The lowest BCUT2D eigenvalue weighted by Gasteiger charge is -2.08. The Morgan fingerprint density at radius 1 is 1.38 bits per heavy atom. The lowest BCUT2D eigenvalue weighted by atomic mass is 10.1. The molecular weight excluding hydrogens is 210 g/mol. The molecule has 1 unspecified atom stereocenters. The van der Waals surface area contributed by atoms with Gasteiger partial charge in [0, 0.05) is 0 Å². The van der Waals surface area contributed by atoms with Crippen molar-refractivity contribution in [3.05, 3.63) is 34.7 Å². The first-order valence-electron chi connectivity index (χ1n) is 4.55. The van der Waals surface area contributed by atoms with E-state index in [9.17, 15) is 4.79 Å². The number of carbonyl (C=O) groups is 1. The Morgan fingerprint density at radius 2 is 2.12 bits per heavy atom. The summed E-state index contributed by atoms with van der Waals surface area (Å²) < 4.78 is 15.1. The molecule has 1 aliphatic rings. The first-order chi connectivity index (χ1) is 7.72. The lowest BCUT2D eigenvalue weighted by Crippen LogP contribution is -2.00. The Bertz CT molecular complexity index is 489. The molecule has 82 valence electrons. The summed E-state index contributed by atoms with van der Waals surface area (Å²) in [7, 11) is 2.92. The zero-order valence-electron chi connectivity index (χ0n) is 8.81. The molecule has 5 heteroatoms. The van der Waals surface area contributed by atoms with Crippen LogP contribution < -0.4 is 9.47 Å². The summed E-state index contributed by atoms with van der Waals surface area (Å²) in [5.74, 6) is 0.215. The van der Waals surface area contributed by atoms with Gasteiger partial charge in [0.1, 0.15) is 5.56 Å². The maximum absolute atomic E-state index is 11.6. The second-order valence-corrected chi connectivity index (χ2v) is 3.15. The van der Waals surface area contributed by atoms with Crippen molar-refractivity contribution in [1.82, 2.24) is 0 Å². The van der Waals surface area contributed by atoms with Gasteiger partial charge in [0.05, 0.1) is 19.8 Å². The summed E-state index contributed by atoms with van der Waals surface area (Å²) in [4.78, 5) is 14.8. The summed E-state index contributed by atoms with van der Waals surface area (Å²) in [5.41, 5.74) is 0.806. The minimum Gasteiger partial charge on any atom is -0.493 e. The maximum Gasteiger partial charge on any atom is 0.396 e. The van der Waals surface area contributed by atoms with Gasteiger partial charge in [-0.15, -0.1) is 0 Å². The molecule has 0 spiro atoms. The van der Waals surface area contributed by atoms with Crippen LogP contribution in [0.4, 0.5) is 0 Å². The molecule has 0 amide bonds. The molecule has 0 saturated carbocycles. The highest BCUT2D eigenvalue weighted by molar-refractivity contribution is 5.98.